The van der Waals surface area contributed by atoms with Gasteiger partial charge >= 0.3 is 17.1 Å². The third-order valence-electron chi connectivity index (χ3n) is 9.83. The Morgan fingerprint density at radius 2 is 0.914 bits per heavy atom. The Morgan fingerprint density at radius 3 is 1.45 bits per heavy atom. The van der Waals surface area contributed by atoms with Gasteiger partial charge in [-0.15, -0.1) is 0 Å². The van der Waals surface area contributed by atoms with Crippen LogP contribution < -0.4 is 30.9 Å². The van der Waals surface area contributed by atoms with Crippen molar-refractivity contribution in [1.82, 2.24) is 0 Å². The van der Waals surface area contributed by atoms with Gasteiger partial charge in [-0.2, -0.15) is 0 Å². The molecule has 0 aromatic heterocycles. The van der Waals surface area contributed by atoms with Gasteiger partial charge in [0.05, 0.1) is 45.3 Å². The quantitative estimate of drug-likeness (QED) is 0.116. The molecule has 0 amide bonds. The van der Waals surface area contributed by atoms with Crippen LogP contribution in [0.3, 0.4) is 0 Å². The van der Waals surface area contributed by atoms with Crippen molar-refractivity contribution in [2.75, 3.05) is 57.7 Å². The van der Waals surface area contributed by atoms with E-state index in [0.29, 0.717) is 46.2 Å². The van der Waals surface area contributed by atoms with Crippen molar-refractivity contribution in [3.63, 3.8) is 0 Å². The molecule has 0 N–H and O–H groups in total. The normalized spacial score (nSPS) is 18.2. The van der Waals surface area contributed by atoms with E-state index in [2.05, 4.69) is 190 Å². The SMILES string of the molecule is C[C@H]([C]1[CH][CH][CH][C]1P(c1ccccc1)c1ccccc1)N1CCOCCOCCOCCOc2ccccc21.[CH]1[CH][CH][C](P(c2ccccc2)c2ccccc2)[CH]1.[Fe+2]. The average molecular weight is 848 g/mol. The molecule has 2 saturated carbocycles. The van der Waals surface area contributed by atoms with Gasteiger partial charge in [-0.25, -0.2) is 0 Å². The van der Waals surface area contributed by atoms with Crippen LogP contribution in [0.5, 0.6) is 5.75 Å². The van der Waals surface area contributed by atoms with E-state index in [1.165, 1.54) is 38.5 Å². The fourth-order valence-electron chi connectivity index (χ4n) is 7.10. The molecule has 3 aliphatic rings. The van der Waals surface area contributed by atoms with E-state index in [-0.39, 0.29) is 23.1 Å². The van der Waals surface area contributed by atoms with Gasteiger partial charge in [0.25, 0.3) is 0 Å². The topological polar surface area (TPSA) is 40.2 Å². The molecule has 0 bridgehead atoms. The molecule has 1 heterocycles. The van der Waals surface area contributed by atoms with E-state index in [4.69, 9.17) is 18.9 Å². The Bertz CT molecular complexity index is 1770. The monoisotopic (exact) mass is 847 g/mol. The summed E-state index contributed by atoms with van der Waals surface area (Å²) in [6.07, 6.45) is 15.5. The molecular weight excluding hydrogens is 796 g/mol. The van der Waals surface area contributed by atoms with Gasteiger partial charge in [-0.05, 0) is 101 Å². The summed E-state index contributed by atoms with van der Waals surface area (Å²) < 4.78 is 23.5. The Hall–Kier alpha value is -3.04. The molecule has 5 aromatic rings. The number of rotatable bonds is 8. The zero-order valence-corrected chi connectivity index (χ0v) is 35.9. The third-order valence-corrected chi connectivity index (χ3v) is 14.8. The molecule has 0 saturated heterocycles. The minimum atomic E-state index is -0.711. The molecule has 296 valence electrons. The summed E-state index contributed by atoms with van der Waals surface area (Å²) in [7, 11) is -1.12. The molecule has 8 rings (SSSR count). The number of ether oxygens (including phenoxy) is 4. The van der Waals surface area contributed by atoms with E-state index in [9.17, 15) is 0 Å². The van der Waals surface area contributed by atoms with E-state index in [1.54, 1.807) is 0 Å². The molecule has 0 spiro atoms. The summed E-state index contributed by atoms with van der Waals surface area (Å²) >= 11 is 0. The first kappa shape index (κ1) is 44.5. The van der Waals surface area contributed by atoms with E-state index < -0.39 is 15.8 Å². The molecule has 5 aromatic carbocycles. The standard InChI is InChI=1S/C33H37NO4P.C17H14P.Fe/c1-27(30-15-10-18-33(30)39(28-11-4-2-5-12-28)29-13-6-3-7-14-29)34-19-20-35-21-22-36-23-24-37-25-26-38-32-17-9-8-16-31(32)34;1-3-9-15(10-4-1)18(17-13-7-8-14-17)16-11-5-2-6-12-16;/h2-18,27H,19-26H2,1H3;1-14H;/q;;+2/t27-;;/m1../s1. The number of hydrogen-bond acceptors (Lipinski definition) is 5. The van der Waals surface area contributed by atoms with Gasteiger partial charge in [-0.3, -0.25) is 0 Å². The smallest absolute Gasteiger partial charge is 0.489 e. The van der Waals surface area contributed by atoms with Crippen molar-refractivity contribution in [2.24, 2.45) is 0 Å². The maximum Gasteiger partial charge on any atom is 2.00 e. The summed E-state index contributed by atoms with van der Waals surface area (Å²) in [6, 6.07) is 51.7. The number of nitrogens with zero attached hydrogens (tertiary/aromatic N) is 1. The number of anilines is 1. The maximum atomic E-state index is 6.23. The Labute approximate surface area is 361 Å². The van der Waals surface area contributed by atoms with Gasteiger partial charge in [0, 0.05) is 29.8 Å². The Morgan fingerprint density at radius 1 is 0.466 bits per heavy atom. The number of fused-ring (bicyclic) bond motifs is 1. The summed E-state index contributed by atoms with van der Waals surface area (Å²) in [5.41, 5.74) is 3.87. The van der Waals surface area contributed by atoms with Crippen LogP contribution in [-0.4, -0.2) is 58.8 Å². The first-order chi connectivity index (χ1) is 28.3. The van der Waals surface area contributed by atoms with Crippen molar-refractivity contribution >= 4 is 42.7 Å². The Balaban J connectivity index is 0.000000249. The van der Waals surface area contributed by atoms with Crippen LogP contribution in [0.15, 0.2) is 146 Å². The molecule has 8 heteroatoms. The van der Waals surface area contributed by atoms with Gasteiger partial charge in [0.15, 0.2) is 0 Å². The largest absolute Gasteiger partial charge is 2.00 e. The van der Waals surface area contributed by atoms with Gasteiger partial charge < -0.3 is 23.8 Å². The minimum Gasteiger partial charge on any atom is -0.489 e. The minimum absolute atomic E-state index is 0. The van der Waals surface area contributed by atoms with Crippen LogP contribution in [0.1, 0.15) is 6.92 Å². The molecule has 1 atom stereocenters. The van der Waals surface area contributed by atoms with Crippen molar-refractivity contribution in [3.05, 3.63) is 208 Å². The van der Waals surface area contributed by atoms with E-state index in [1.807, 2.05) is 12.1 Å². The third kappa shape index (κ3) is 12.3. The van der Waals surface area contributed by atoms with Crippen molar-refractivity contribution in [2.45, 2.75) is 13.0 Å². The summed E-state index contributed by atoms with van der Waals surface area (Å²) in [5, 5.41) is 5.51. The van der Waals surface area contributed by atoms with Gasteiger partial charge in [0.1, 0.15) is 12.4 Å². The fourth-order valence-corrected chi connectivity index (χ4v) is 12.0. The van der Waals surface area contributed by atoms with Crippen LogP contribution in [0.25, 0.3) is 0 Å². The average Bonchev–Trinajstić information content (AvgIpc) is 3.98. The number of hydrogen-bond donors (Lipinski definition) is 0. The number of para-hydroxylation sites is 2. The second kappa shape index (κ2) is 24.3. The molecule has 2 aliphatic carbocycles. The van der Waals surface area contributed by atoms with Crippen LogP contribution in [0.4, 0.5) is 5.69 Å². The molecule has 10 radical (unpaired) electrons. The van der Waals surface area contributed by atoms with Crippen LogP contribution in [0, 0.1) is 62.2 Å². The summed E-state index contributed by atoms with van der Waals surface area (Å²) in [5.74, 6) is 2.19. The van der Waals surface area contributed by atoms with Gasteiger partial charge in [0.2, 0.25) is 0 Å². The summed E-state index contributed by atoms with van der Waals surface area (Å²) in [4.78, 5) is 2.42. The predicted molar refractivity (Wildman–Crippen MR) is 239 cm³/mol. The molecular formula is C50H51FeNO4P2+2. The maximum absolute atomic E-state index is 6.23. The second-order valence-corrected chi connectivity index (χ2v) is 18.0. The van der Waals surface area contributed by atoms with Crippen LogP contribution in [-0.2, 0) is 31.3 Å². The van der Waals surface area contributed by atoms with Crippen molar-refractivity contribution in [3.8, 4) is 5.75 Å². The van der Waals surface area contributed by atoms with E-state index >= 15 is 0 Å². The Kier molecular flexibility index (Phi) is 18.6. The second-order valence-electron chi connectivity index (χ2n) is 13.5. The zero-order chi connectivity index (χ0) is 38.9. The first-order valence-corrected chi connectivity index (χ1v) is 22.5. The van der Waals surface area contributed by atoms with Gasteiger partial charge in [-0.1, -0.05) is 133 Å². The summed E-state index contributed by atoms with van der Waals surface area (Å²) in [6.45, 7) is 6.89. The molecule has 2 fully saturated rings. The fraction of sp³-hybridized carbons (Fsp3) is 0.200. The molecule has 58 heavy (non-hydrogen) atoms. The molecule has 0 unspecified atom stereocenters. The van der Waals surface area contributed by atoms with Crippen molar-refractivity contribution in [1.29, 1.82) is 0 Å². The van der Waals surface area contributed by atoms with E-state index in [0.717, 1.165) is 18.0 Å². The number of benzene rings is 5. The van der Waals surface area contributed by atoms with Crippen LogP contribution in [0.2, 0.25) is 0 Å². The van der Waals surface area contributed by atoms with Crippen LogP contribution >= 0.6 is 15.8 Å². The zero-order valence-electron chi connectivity index (χ0n) is 33.0. The molecule has 1 aliphatic heterocycles. The van der Waals surface area contributed by atoms with Crippen molar-refractivity contribution < 1.29 is 36.0 Å². The molecule has 5 nitrogen and oxygen atoms in total. The predicted octanol–water partition coefficient (Wildman–Crippen LogP) is 8.67. The first-order valence-electron chi connectivity index (χ1n) is 19.8.